The standard InChI is InChI=1S/C25H26N6O4S/c1-2-21(25(32)33)28-24-8-3-7-22(29-24)23(30-36(34,35)20-6-4-13-26-17-20)16-18-9-11-19(12-10-18)31-15-5-14-27-31/h3-15,17,21,23,30H,2,16H2,1H3,(H,28,29)(H,32,33). The summed E-state index contributed by atoms with van der Waals surface area (Å²) in [4.78, 5) is 20.0. The van der Waals surface area contributed by atoms with Gasteiger partial charge >= 0.3 is 5.97 Å². The topological polar surface area (TPSA) is 139 Å². The summed E-state index contributed by atoms with van der Waals surface area (Å²) in [6.45, 7) is 1.76. The molecule has 0 aliphatic heterocycles. The van der Waals surface area contributed by atoms with E-state index in [1.807, 2.05) is 36.5 Å². The first-order valence-electron chi connectivity index (χ1n) is 11.3. The van der Waals surface area contributed by atoms with E-state index in [4.69, 9.17) is 0 Å². The van der Waals surface area contributed by atoms with Crippen molar-refractivity contribution in [2.75, 3.05) is 5.32 Å². The van der Waals surface area contributed by atoms with Gasteiger partial charge in [-0.15, -0.1) is 0 Å². The fraction of sp³-hybridized carbons (Fsp3) is 0.200. The minimum absolute atomic E-state index is 0.0373. The van der Waals surface area contributed by atoms with E-state index in [1.165, 1.54) is 18.5 Å². The van der Waals surface area contributed by atoms with Crippen LogP contribution in [0.5, 0.6) is 0 Å². The lowest BCUT2D eigenvalue weighted by molar-refractivity contribution is -0.137. The number of hydrogen-bond donors (Lipinski definition) is 3. The van der Waals surface area contributed by atoms with Gasteiger partial charge in [-0.25, -0.2) is 27.6 Å². The first kappa shape index (κ1) is 25.0. The second-order valence-electron chi connectivity index (χ2n) is 8.07. The molecule has 10 nitrogen and oxygen atoms in total. The molecule has 4 aromatic rings. The lowest BCUT2D eigenvalue weighted by Gasteiger charge is -2.20. The van der Waals surface area contributed by atoms with Gasteiger partial charge in [0.2, 0.25) is 10.0 Å². The minimum Gasteiger partial charge on any atom is -0.480 e. The Morgan fingerprint density at radius 1 is 1.06 bits per heavy atom. The molecule has 1 aromatic carbocycles. The Hall–Kier alpha value is -4.09. The molecule has 11 heteroatoms. The van der Waals surface area contributed by atoms with E-state index in [0.29, 0.717) is 24.4 Å². The van der Waals surface area contributed by atoms with E-state index in [1.54, 1.807) is 42.1 Å². The number of carboxylic acids is 1. The highest BCUT2D eigenvalue weighted by molar-refractivity contribution is 7.89. The normalized spacial score (nSPS) is 13.1. The molecule has 0 saturated carbocycles. The van der Waals surface area contributed by atoms with Crippen molar-refractivity contribution in [3.8, 4) is 5.69 Å². The van der Waals surface area contributed by atoms with Gasteiger partial charge in [-0.05, 0) is 60.9 Å². The number of benzene rings is 1. The van der Waals surface area contributed by atoms with Crippen molar-refractivity contribution in [1.29, 1.82) is 0 Å². The Bertz CT molecular complexity index is 1390. The number of aliphatic carboxylic acids is 1. The van der Waals surface area contributed by atoms with E-state index >= 15 is 0 Å². The number of nitrogens with zero attached hydrogens (tertiary/aromatic N) is 4. The monoisotopic (exact) mass is 506 g/mol. The second kappa shape index (κ2) is 11.1. The van der Waals surface area contributed by atoms with Crippen molar-refractivity contribution in [3.63, 3.8) is 0 Å². The molecule has 3 heterocycles. The smallest absolute Gasteiger partial charge is 0.326 e. The fourth-order valence-electron chi connectivity index (χ4n) is 3.65. The van der Waals surface area contributed by atoms with Gasteiger partial charge in [0.25, 0.3) is 0 Å². The summed E-state index contributed by atoms with van der Waals surface area (Å²) in [5.74, 6) is -0.642. The van der Waals surface area contributed by atoms with E-state index in [0.717, 1.165) is 11.3 Å². The summed E-state index contributed by atoms with van der Waals surface area (Å²) in [6, 6.07) is 16.0. The van der Waals surface area contributed by atoms with Crippen LogP contribution in [0.15, 0.2) is 90.3 Å². The Balaban J connectivity index is 1.64. The highest BCUT2D eigenvalue weighted by Crippen LogP contribution is 2.23. The van der Waals surface area contributed by atoms with Gasteiger partial charge in [0.15, 0.2) is 0 Å². The van der Waals surface area contributed by atoms with E-state index < -0.39 is 28.1 Å². The third kappa shape index (κ3) is 6.12. The third-order valence-corrected chi connectivity index (χ3v) is 7.00. The molecule has 0 spiro atoms. The van der Waals surface area contributed by atoms with Gasteiger partial charge in [0, 0.05) is 24.8 Å². The molecule has 36 heavy (non-hydrogen) atoms. The molecule has 0 bridgehead atoms. The van der Waals surface area contributed by atoms with Gasteiger partial charge in [0.1, 0.15) is 16.8 Å². The first-order valence-corrected chi connectivity index (χ1v) is 12.8. The van der Waals surface area contributed by atoms with Crippen LogP contribution in [-0.4, -0.2) is 45.3 Å². The van der Waals surface area contributed by atoms with Crippen molar-refractivity contribution in [1.82, 2.24) is 24.5 Å². The summed E-state index contributed by atoms with van der Waals surface area (Å²) in [5, 5.41) is 16.5. The van der Waals surface area contributed by atoms with Gasteiger partial charge in [0.05, 0.1) is 17.4 Å². The van der Waals surface area contributed by atoms with Crippen LogP contribution in [0.3, 0.4) is 0 Å². The largest absolute Gasteiger partial charge is 0.480 e. The maximum atomic E-state index is 13.1. The van der Waals surface area contributed by atoms with Crippen LogP contribution >= 0.6 is 0 Å². The maximum absolute atomic E-state index is 13.1. The van der Waals surface area contributed by atoms with E-state index in [-0.39, 0.29) is 4.90 Å². The number of sulfonamides is 1. The predicted octanol–water partition coefficient (Wildman–Crippen LogP) is 3.20. The van der Waals surface area contributed by atoms with Gasteiger partial charge in [-0.3, -0.25) is 4.98 Å². The summed E-state index contributed by atoms with van der Waals surface area (Å²) in [7, 11) is -3.91. The number of anilines is 1. The SMILES string of the molecule is CCC(Nc1cccc(C(Cc2ccc(-n3cccn3)cc2)NS(=O)(=O)c2cccnc2)n1)C(=O)O. The summed E-state index contributed by atoms with van der Waals surface area (Å²) >= 11 is 0. The number of pyridine rings is 2. The lowest BCUT2D eigenvalue weighted by Crippen LogP contribution is -2.32. The number of carboxylic acid groups (broad SMARTS) is 1. The molecular weight excluding hydrogens is 480 g/mol. The Kier molecular flexibility index (Phi) is 7.71. The van der Waals surface area contributed by atoms with Crippen molar-refractivity contribution in [2.24, 2.45) is 0 Å². The van der Waals surface area contributed by atoms with Gasteiger partial charge in [-0.2, -0.15) is 5.10 Å². The van der Waals surface area contributed by atoms with Crippen LogP contribution in [0.25, 0.3) is 5.69 Å². The molecule has 0 aliphatic rings. The van der Waals surface area contributed by atoms with Gasteiger partial charge < -0.3 is 10.4 Å². The fourth-order valence-corrected chi connectivity index (χ4v) is 4.82. The Labute approximate surface area is 209 Å². The van der Waals surface area contributed by atoms with Crippen LogP contribution in [0, 0.1) is 0 Å². The molecule has 3 N–H and O–H groups in total. The molecular formula is C25H26N6O4S. The molecule has 3 aromatic heterocycles. The molecule has 4 rings (SSSR count). The van der Waals surface area contributed by atoms with E-state index in [2.05, 4.69) is 25.1 Å². The molecule has 2 unspecified atom stereocenters. The van der Waals surface area contributed by atoms with Crippen LogP contribution in [-0.2, 0) is 21.2 Å². The first-order chi connectivity index (χ1) is 17.4. The summed E-state index contributed by atoms with van der Waals surface area (Å²) in [5.41, 5.74) is 2.20. The van der Waals surface area contributed by atoms with E-state index in [9.17, 15) is 18.3 Å². The zero-order valence-electron chi connectivity index (χ0n) is 19.5. The number of carbonyl (C=O) groups is 1. The van der Waals surface area contributed by atoms with Crippen LogP contribution < -0.4 is 10.0 Å². The zero-order chi connectivity index (χ0) is 25.5. The van der Waals surface area contributed by atoms with Crippen molar-refractivity contribution < 1.29 is 18.3 Å². The quantitative estimate of drug-likeness (QED) is 0.282. The molecule has 2 atom stereocenters. The predicted molar refractivity (Wildman–Crippen MR) is 134 cm³/mol. The van der Waals surface area contributed by atoms with Crippen molar-refractivity contribution in [2.45, 2.75) is 36.7 Å². The highest BCUT2D eigenvalue weighted by Gasteiger charge is 2.24. The second-order valence-corrected chi connectivity index (χ2v) is 9.79. The van der Waals surface area contributed by atoms with Crippen molar-refractivity contribution >= 4 is 21.8 Å². The number of hydrogen-bond acceptors (Lipinski definition) is 7. The number of nitrogens with one attached hydrogen (secondary N) is 2. The summed E-state index contributed by atoms with van der Waals surface area (Å²) in [6.07, 6.45) is 6.98. The molecule has 0 aliphatic carbocycles. The minimum atomic E-state index is -3.91. The lowest BCUT2D eigenvalue weighted by atomic mass is 10.0. The molecule has 0 fully saturated rings. The van der Waals surface area contributed by atoms with Gasteiger partial charge in [-0.1, -0.05) is 25.1 Å². The maximum Gasteiger partial charge on any atom is 0.326 e. The molecule has 0 saturated heterocycles. The molecule has 0 amide bonds. The van der Waals surface area contributed by atoms with Crippen LogP contribution in [0.1, 0.15) is 30.6 Å². The average molecular weight is 507 g/mol. The Morgan fingerprint density at radius 2 is 1.86 bits per heavy atom. The van der Waals surface area contributed by atoms with Crippen LogP contribution in [0.4, 0.5) is 5.82 Å². The highest BCUT2D eigenvalue weighted by atomic mass is 32.2. The summed E-state index contributed by atoms with van der Waals surface area (Å²) < 4.78 is 30.7. The average Bonchev–Trinajstić information content (AvgIpc) is 3.43. The number of rotatable bonds is 11. The van der Waals surface area contributed by atoms with Crippen molar-refractivity contribution in [3.05, 3.63) is 96.7 Å². The van der Waals surface area contributed by atoms with Crippen LogP contribution in [0.2, 0.25) is 0 Å². The Morgan fingerprint density at radius 3 is 2.50 bits per heavy atom. The third-order valence-electron chi connectivity index (χ3n) is 5.54. The number of aromatic nitrogens is 4. The zero-order valence-corrected chi connectivity index (χ0v) is 20.3. The molecule has 186 valence electrons. The molecule has 0 radical (unpaired) electrons.